The number of hydrogen-bond donors (Lipinski definition) is 1. The third-order valence-corrected chi connectivity index (χ3v) is 3.64. The largest absolute Gasteiger partial charge is 0.381 e. The summed E-state index contributed by atoms with van der Waals surface area (Å²) in [5, 5.41) is 12.2. The Labute approximate surface area is 128 Å². The number of aromatic nitrogens is 3. The van der Waals surface area contributed by atoms with Crippen LogP contribution in [0.3, 0.4) is 0 Å². The minimum absolute atomic E-state index is 0.682. The van der Waals surface area contributed by atoms with Crippen molar-refractivity contribution in [1.82, 2.24) is 14.8 Å². The van der Waals surface area contributed by atoms with E-state index in [1.165, 1.54) is 0 Å². The Hall–Kier alpha value is -2.33. The number of benzene rings is 2. The second kappa shape index (κ2) is 5.97. The quantitative estimate of drug-likeness (QED) is 0.798. The van der Waals surface area contributed by atoms with Gasteiger partial charge in [-0.15, -0.1) is 10.2 Å². The first-order valence-electron chi connectivity index (χ1n) is 6.66. The summed E-state index contributed by atoms with van der Waals surface area (Å²) in [4.78, 5) is 0. The first-order chi connectivity index (χ1) is 10.2. The van der Waals surface area contributed by atoms with Crippen molar-refractivity contribution in [3.63, 3.8) is 0 Å². The predicted molar refractivity (Wildman–Crippen MR) is 85.2 cm³/mol. The van der Waals surface area contributed by atoms with Gasteiger partial charge in [0.1, 0.15) is 6.33 Å². The molecule has 0 amide bonds. The SMILES string of the molecule is Cn1cnnc1-c1cccc(NCc2ccccc2Cl)c1. The number of hydrogen-bond acceptors (Lipinski definition) is 3. The maximum atomic E-state index is 6.16. The van der Waals surface area contributed by atoms with E-state index in [1.807, 2.05) is 54.1 Å². The normalized spacial score (nSPS) is 10.6. The molecule has 2 aromatic carbocycles. The molecule has 1 N–H and O–H groups in total. The van der Waals surface area contributed by atoms with Gasteiger partial charge in [-0.2, -0.15) is 0 Å². The molecule has 0 aliphatic heterocycles. The molecule has 0 aliphatic rings. The van der Waals surface area contributed by atoms with Crippen molar-refractivity contribution >= 4 is 17.3 Å². The van der Waals surface area contributed by atoms with Gasteiger partial charge in [0.05, 0.1) is 0 Å². The molecule has 5 heteroatoms. The number of halogens is 1. The zero-order valence-electron chi connectivity index (χ0n) is 11.6. The molecule has 0 atom stereocenters. The van der Waals surface area contributed by atoms with Crippen LogP contribution in [0.15, 0.2) is 54.9 Å². The molecule has 0 bridgehead atoms. The van der Waals surface area contributed by atoms with E-state index in [2.05, 4.69) is 21.6 Å². The van der Waals surface area contributed by atoms with Crippen LogP contribution in [0.5, 0.6) is 0 Å². The molecule has 0 spiro atoms. The Bertz CT molecular complexity index is 751. The molecular weight excluding hydrogens is 284 g/mol. The molecule has 21 heavy (non-hydrogen) atoms. The van der Waals surface area contributed by atoms with Crippen molar-refractivity contribution in [2.24, 2.45) is 7.05 Å². The molecule has 106 valence electrons. The molecule has 0 fully saturated rings. The van der Waals surface area contributed by atoms with Gasteiger partial charge >= 0.3 is 0 Å². The Morgan fingerprint density at radius 3 is 2.76 bits per heavy atom. The number of rotatable bonds is 4. The lowest BCUT2D eigenvalue weighted by atomic mass is 10.1. The minimum atomic E-state index is 0.682. The number of nitrogens with zero attached hydrogens (tertiary/aromatic N) is 3. The van der Waals surface area contributed by atoms with E-state index < -0.39 is 0 Å². The fourth-order valence-electron chi connectivity index (χ4n) is 2.15. The summed E-state index contributed by atoms with van der Waals surface area (Å²) in [6.45, 7) is 0.682. The zero-order chi connectivity index (χ0) is 14.7. The second-order valence-electron chi connectivity index (χ2n) is 4.79. The molecule has 4 nitrogen and oxygen atoms in total. The number of aryl methyl sites for hydroxylation is 1. The highest BCUT2D eigenvalue weighted by Gasteiger charge is 2.05. The Morgan fingerprint density at radius 1 is 1.14 bits per heavy atom. The highest BCUT2D eigenvalue weighted by atomic mass is 35.5. The van der Waals surface area contributed by atoms with Crippen LogP contribution >= 0.6 is 11.6 Å². The van der Waals surface area contributed by atoms with Crippen LogP contribution in [0.25, 0.3) is 11.4 Å². The highest BCUT2D eigenvalue weighted by Crippen LogP contribution is 2.21. The van der Waals surface area contributed by atoms with Gasteiger partial charge in [0, 0.05) is 29.9 Å². The molecule has 3 aromatic rings. The Kier molecular flexibility index (Phi) is 3.88. The fraction of sp³-hybridized carbons (Fsp3) is 0.125. The predicted octanol–water partition coefficient (Wildman–Crippen LogP) is 3.75. The van der Waals surface area contributed by atoms with E-state index in [9.17, 15) is 0 Å². The fourth-order valence-corrected chi connectivity index (χ4v) is 2.35. The van der Waals surface area contributed by atoms with Crippen LogP contribution in [0.1, 0.15) is 5.56 Å². The van der Waals surface area contributed by atoms with Crippen LogP contribution in [-0.2, 0) is 13.6 Å². The van der Waals surface area contributed by atoms with Gasteiger partial charge in [-0.25, -0.2) is 0 Å². The molecule has 0 saturated carbocycles. The van der Waals surface area contributed by atoms with Crippen molar-refractivity contribution < 1.29 is 0 Å². The monoisotopic (exact) mass is 298 g/mol. The zero-order valence-corrected chi connectivity index (χ0v) is 12.4. The topological polar surface area (TPSA) is 42.7 Å². The smallest absolute Gasteiger partial charge is 0.163 e. The van der Waals surface area contributed by atoms with Crippen LogP contribution < -0.4 is 5.32 Å². The molecule has 0 saturated heterocycles. The summed E-state index contributed by atoms with van der Waals surface area (Å²) in [6, 6.07) is 15.9. The van der Waals surface area contributed by atoms with E-state index in [1.54, 1.807) is 6.33 Å². The molecule has 3 rings (SSSR count). The van der Waals surface area contributed by atoms with Crippen LogP contribution in [-0.4, -0.2) is 14.8 Å². The van der Waals surface area contributed by atoms with Crippen molar-refractivity contribution in [1.29, 1.82) is 0 Å². The van der Waals surface area contributed by atoms with Crippen LogP contribution in [0.2, 0.25) is 5.02 Å². The maximum absolute atomic E-state index is 6.16. The Morgan fingerprint density at radius 2 is 2.00 bits per heavy atom. The van der Waals surface area contributed by atoms with E-state index in [4.69, 9.17) is 11.6 Å². The molecule has 0 aliphatic carbocycles. The first kappa shape index (κ1) is 13.6. The van der Waals surface area contributed by atoms with Crippen molar-refractivity contribution in [3.05, 3.63) is 65.4 Å². The summed E-state index contributed by atoms with van der Waals surface area (Å²) in [5.41, 5.74) is 3.12. The van der Waals surface area contributed by atoms with Crippen LogP contribution in [0.4, 0.5) is 5.69 Å². The van der Waals surface area contributed by atoms with E-state index in [-0.39, 0.29) is 0 Å². The molecule has 0 unspecified atom stereocenters. The van der Waals surface area contributed by atoms with Crippen molar-refractivity contribution in [2.45, 2.75) is 6.54 Å². The molecule has 1 aromatic heterocycles. The Balaban J connectivity index is 1.78. The molecule has 0 radical (unpaired) electrons. The van der Waals surface area contributed by atoms with E-state index >= 15 is 0 Å². The van der Waals surface area contributed by atoms with Gasteiger partial charge in [-0.1, -0.05) is 41.9 Å². The van der Waals surface area contributed by atoms with Crippen molar-refractivity contribution in [2.75, 3.05) is 5.32 Å². The van der Waals surface area contributed by atoms with Gasteiger partial charge in [0.15, 0.2) is 5.82 Å². The molecular formula is C16H15ClN4. The average molecular weight is 299 g/mol. The third kappa shape index (κ3) is 3.06. The second-order valence-corrected chi connectivity index (χ2v) is 5.20. The summed E-state index contributed by atoms with van der Waals surface area (Å²) in [5.74, 6) is 0.844. The summed E-state index contributed by atoms with van der Waals surface area (Å²) >= 11 is 6.16. The van der Waals surface area contributed by atoms with Gasteiger partial charge in [-0.05, 0) is 23.8 Å². The van der Waals surface area contributed by atoms with Gasteiger partial charge in [0.2, 0.25) is 0 Å². The summed E-state index contributed by atoms with van der Waals surface area (Å²) in [6.07, 6.45) is 1.69. The maximum Gasteiger partial charge on any atom is 0.163 e. The lowest BCUT2D eigenvalue weighted by molar-refractivity contribution is 0.920. The van der Waals surface area contributed by atoms with Gasteiger partial charge < -0.3 is 9.88 Å². The summed E-state index contributed by atoms with van der Waals surface area (Å²) < 4.78 is 1.90. The number of anilines is 1. The lowest BCUT2D eigenvalue weighted by Gasteiger charge is -2.09. The summed E-state index contributed by atoms with van der Waals surface area (Å²) in [7, 11) is 1.93. The highest BCUT2D eigenvalue weighted by molar-refractivity contribution is 6.31. The van der Waals surface area contributed by atoms with Crippen LogP contribution in [0, 0.1) is 0 Å². The third-order valence-electron chi connectivity index (χ3n) is 3.27. The van der Waals surface area contributed by atoms with Gasteiger partial charge in [0.25, 0.3) is 0 Å². The average Bonchev–Trinajstić information content (AvgIpc) is 2.93. The van der Waals surface area contributed by atoms with Crippen molar-refractivity contribution in [3.8, 4) is 11.4 Å². The lowest BCUT2D eigenvalue weighted by Crippen LogP contribution is -2.00. The molecule has 1 heterocycles. The van der Waals surface area contributed by atoms with Gasteiger partial charge in [-0.3, -0.25) is 0 Å². The van der Waals surface area contributed by atoms with E-state index in [0.29, 0.717) is 6.54 Å². The number of nitrogens with one attached hydrogen (secondary N) is 1. The standard InChI is InChI=1S/C16H15ClN4/c1-21-11-19-20-16(21)12-6-4-7-14(9-12)18-10-13-5-2-3-8-15(13)17/h2-9,11,18H,10H2,1H3. The van der Waals surface area contributed by atoms with E-state index in [0.717, 1.165) is 27.7 Å². The first-order valence-corrected chi connectivity index (χ1v) is 7.03. The minimum Gasteiger partial charge on any atom is -0.381 e.